The third kappa shape index (κ3) is 3.24. The maximum Gasteiger partial charge on any atom is 0.226 e. The van der Waals surface area contributed by atoms with Gasteiger partial charge in [-0.15, -0.1) is 0 Å². The number of nitrogens with zero attached hydrogens (tertiary/aromatic N) is 5. The van der Waals surface area contributed by atoms with Gasteiger partial charge in [0.2, 0.25) is 5.28 Å². The molecule has 3 fully saturated rings. The standard InChI is InChI=1S/C25H27ClFN5O4/c1-24(2)35-18-16(10-33)34-22(19(18)36-24)32-12-28-17-20(29-23(26)30-21(17)32)31-11-25(7-3-4-8-25)14-6-5-13(27)9-15(14)31/h5-6,9,12,16,18-19,22,33H,3-4,7-8,10-11H2,1-2H3/t16-,18?,19+,22-/m1/s1. The van der Waals surface area contributed by atoms with E-state index < -0.39 is 30.3 Å². The number of hydrogen-bond acceptors (Lipinski definition) is 8. The molecule has 1 aromatic carbocycles. The maximum atomic E-state index is 14.4. The van der Waals surface area contributed by atoms with Crippen LogP contribution in [0, 0.1) is 5.82 Å². The topological polar surface area (TPSA) is 94.8 Å². The van der Waals surface area contributed by atoms with E-state index in [1.165, 1.54) is 6.07 Å². The normalized spacial score (nSPS) is 30.0. The molecule has 1 saturated carbocycles. The number of halogens is 2. The van der Waals surface area contributed by atoms with Gasteiger partial charge in [-0.2, -0.15) is 9.97 Å². The lowest BCUT2D eigenvalue weighted by Gasteiger charge is -2.25. The molecule has 3 aliphatic heterocycles. The van der Waals surface area contributed by atoms with Crippen LogP contribution in [0.1, 0.15) is 51.3 Å². The lowest BCUT2D eigenvalue weighted by molar-refractivity contribution is -0.199. The number of benzene rings is 1. The first kappa shape index (κ1) is 22.8. The van der Waals surface area contributed by atoms with Crippen molar-refractivity contribution in [2.24, 2.45) is 0 Å². The Labute approximate surface area is 212 Å². The van der Waals surface area contributed by atoms with Gasteiger partial charge in [-0.1, -0.05) is 18.9 Å². The number of rotatable bonds is 3. The van der Waals surface area contributed by atoms with Crippen LogP contribution in [0.4, 0.5) is 15.9 Å². The van der Waals surface area contributed by atoms with Crippen LogP contribution < -0.4 is 4.90 Å². The lowest BCUT2D eigenvalue weighted by Crippen LogP contribution is -2.31. The van der Waals surface area contributed by atoms with Crippen LogP contribution in [0.15, 0.2) is 24.5 Å². The van der Waals surface area contributed by atoms with E-state index in [1.54, 1.807) is 17.0 Å². The number of aromatic nitrogens is 4. The van der Waals surface area contributed by atoms with Crippen LogP contribution in [0.3, 0.4) is 0 Å². The molecule has 0 bridgehead atoms. The van der Waals surface area contributed by atoms with Gasteiger partial charge in [-0.25, -0.2) is 9.37 Å². The number of imidazole rings is 1. The smallest absolute Gasteiger partial charge is 0.226 e. The van der Waals surface area contributed by atoms with Crippen LogP contribution in [0.25, 0.3) is 11.2 Å². The Kier molecular flexibility index (Phi) is 4.95. The first-order chi connectivity index (χ1) is 17.3. The predicted molar refractivity (Wildman–Crippen MR) is 129 cm³/mol. The molecule has 3 aromatic rings. The highest BCUT2D eigenvalue weighted by Gasteiger charge is 2.56. The van der Waals surface area contributed by atoms with Gasteiger partial charge in [0.05, 0.1) is 12.9 Å². The molecule has 2 saturated heterocycles. The average Bonchev–Trinajstić information content (AvgIpc) is 3.63. The second-order valence-corrected chi connectivity index (χ2v) is 11.0. The first-order valence-electron chi connectivity index (χ1n) is 12.4. The van der Waals surface area contributed by atoms with E-state index in [2.05, 4.69) is 15.0 Å². The summed E-state index contributed by atoms with van der Waals surface area (Å²) < 4.78 is 34.5. The molecule has 36 heavy (non-hydrogen) atoms. The van der Waals surface area contributed by atoms with E-state index in [0.717, 1.165) is 36.9 Å². The summed E-state index contributed by atoms with van der Waals surface area (Å²) in [4.78, 5) is 15.8. The largest absolute Gasteiger partial charge is 0.394 e. The SMILES string of the molecule is CC1(C)OC2[C@@H](CO)O[C@@H](n3cnc4c(N5CC6(CCCC6)c6ccc(F)cc65)nc(Cl)nc43)[C@H]2O1. The Morgan fingerprint density at radius 3 is 2.72 bits per heavy atom. The highest BCUT2D eigenvalue weighted by atomic mass is 35.5. The molecule has 1 unspecified atom stereocenters. The van der Waals surface area contributed by atoms with Crippen molar-refractivity contribution in [2.45, 2.75) is 75.3 Å². The summed E-state index contributed by atoms with van der Waals surface area (Å²) in [6.07, 6.45) is 3.95. The summed E-state index contributed by atoms with van der Waals surface area (Å²) in [5.41, 5.74) is 2.93. The van der Waals surface area contributed by atoms with E-state index in [0.29, 0.717) is 23.5 Å². The zero-order chi connectivity index (χ0) is 24.8. The number of hydrogen-bond donors (Lipinski definition) is 1. The fourth-order valence-corrected chi connectivity index (χ4v) is 6.76. The van der Waals surface area contributed by atoms with Crippen molar-refractivity contribution in [3.8, 4) is 0 Å². The quantitative estimate of drug-likeness (QED) is 0.523. The molecule has 5 heterocycles. The maximum absolute atomic E-state index is 14.4. The minimum absolute atomic E-state index is 0.0356. The lowest BCUT2D eigenvalue weighted by atomic mass is 9.81. The third-order valence-corrected chi connectivity index (χ3v) is 8.22. The zero-order valence-corrected chi connectivity index (χ0v) is 20.8. The molecule has 4 aliphatic rings. The van der Waals surface area contributed by atoms with E-state index in [4.69, 9.17) is 25.8 Å². The molecule has 1 spiro atoms. The monoisotopic (exact) mass is 515 g/mol. The minimum Gasteiger partial charge on any atom is -0.394 e. The van der Waals surface area contributed by atoms with Crippen molar-refractivity contribution in [1.29, 1.82) is 0 Å². The molecule has 4 atom stereocenters. The van der Waals surface area contributed by atoms with Crippen molar-refractivity contribution in [2.75, 3.05) is 18.1 Å². The average molecular weight is 516 g/mol. The molecule has 0 radical (unpaired) electrons. The van der Waals surface area contributed by atoms with Crippen molar-refractivity contribution >= 4 is 34.3 Å². The third-order valence-electron chi connectivity index (χ3n) is 8.05. The predicted octanol–water partition coefficient (Wildman–Crippen LogP) is 3.99. The van der Waals surface area contributed by atoms with E-state index >= 15 is 0 Å². The Balaban J connectivity index is 1.34. The van der Waals surface area contributed by atoms with Crippen molar-refractivity contribution < 1.29 is 23.7 Å². The summed E-state index contributed by atoms with van der Waals surface area (Å²) in [5, 5.41) is 9.95. The van der Waals surface area contributed by atoms with Gasteiger partial charge < -0.3 is 24.2 Å². The van der Waals surface area contributed by atoms with Crippen LogP contribution in [-0.2, 0) is 19.6 Å². The zero-order valence-electron chi connectivity index (χ0n) is 20.0. The van der Waals surface area contributed by atoms with Crippen LogP contribution in [-0.4, -0.2) is 61.9 Å². The number of fused-ring (bicyclic) bond motifs is 4. The van der Waals surface area contributed by atoms with Crippen LogP contribution >= 0.6 is 11.6 Å². The molecule has 190 valence electrons. The summed E-state index contributed by atoms with van der Waals surface area (Å²) >= 11 is 6.46. The Morgan fingerprint density at radius 2 is 1.94 bits per heavy atom. The second kappa shape index (κ2) is 7.82. The van der Waals surface area contributed by atoms with Crippen molar-refractivity contribution in [1.82, 2.24) is 19.5 Å². The van der Waals surface area contributed by atoms with Gasteiger partial charge in [0.15, 0.2) is 29.0 Å². The number of aliphatic hydroxyl groups excluding tert-OH is 1. The van der Waals surface area contributed by atoms with Gasteiger partial charge in [0.1, 0.15) is 24.1 Å². The molecule has 1 N–H and O–H groups in total. The Hall–Kier alpha value is -2.37. The molecular formula is C25H27ClFN5O4. The molecule has 9 nitrogen and oxygen atoms in total. The molecular weight excluding hydrogens is 489 g/mol. The molecule has 0 amide bonds. The van der Waals surface area contributed by atoms with Gasteiger partial charge in [-0.05, 0) is 56.0 Å². The fraction of sp³-hybridized carbons (Fsp3) is 0.560. The van der Waals surface area contributed by atoms with Crippen LogP contribution in [0.5, 0.6) is 0 Å². The Bertz CT molecular complexity index is 1360. The molecule has 7 rings (SSSR count). The van der Waals surface area contributed by atoms with Crippen LogP contribution in [0.2, 0.25) is 5.28 Å². The second-order valence-electron chi connectivity index (χ2n) is 10.7. The number of aliphatic hydroxyl groups is 1. The summed E-state index contributed by atoms with van der Waals surface area (Å²) in [5.74, 6) is -0.563. The highest BCUT2D eigenvalue weighted by molar-refractivity contribution is 6.28. The minimum atomic E-state index is -0.808. The highest BCUT2D eigenvalue weighted by Crippen LogP contribution is 2.53. The fourth-order valence-electron chi connectivity index (χ4n) is 6.60. The molecule has 1 aliphatic carbocycles. The number of anilines is 2. The summed E-state index contributed by atoms with van der Waals surface area (Å²) in [6, 6.07) is 5.02. The summed E-state index contributed by atoms with van der Waals surface area (Å²) in [7, 11) is 0. The molecule has 2 aromatic heterocycles. The van der Waals surface area contributed by atoms with Gasteiger partial charge in [0, 0.05) is 17.6 Å². The summed E-state index contributed by atoms with van der Waals surface area (Å²) in [6.45, 7) is 4.15. The van der Waals surface area contributed by atoms with Gasteiger partial charge >= 0.3 is 0 Å². The number of ether oxygens (including phenoxy) is 3. The van der Waals surface area contributed by atoms with E-state index in [-0.39, 0.29) is 23.1 Å². The van der Waals surface area contributed by atoms with E-state index in [9.17, 15) is 9.50 Å². The first-order valence-corrected chi connectivity index (χ1v) is 12.8. The molecule has 11 heteroatoms. The van der Waals surface area contributed by atoms with Gasteiger partial charge in [-0.3, -0.25) is 4.57 Å². The van der Waals surface area contributed by atoms with Crippen molar-refractivity contribution in [3.63, 3.8) is 0 Å². The van der Waals surface area contributed by atoms with Gasteiger partial charge in [0.25, 0.3) is 0 Å². The van der Waals surface area contributed by atoms with E-state index in [1.807, 2.05) is 24.8 Å². The Morgan fingerprint density at radius 1 is 1.17 bits per heavy atom. The van der Waals surface area contributed by atoms with Crippen molar-refractivity contribution in [3.05, 3.63) is 41.2 Å².